The van der Waals surface area contributed by atoms with E-state index in [1.807, 2.05) is 0 Å². The number of hydrogen-bond acceptors (Lipinski definition) is 2. The maximum Gasteiger partial charge on any atom is 0.416 e. The van der Waals surface area contributed by atoms with Crippen LogP contribution in [-0.4, -0.2) is 37.4 Å². The van der Waals surface area contributed by atoms with Gasteiger partial charge in [0.25, 0.3) is 0 Å². The SMILES string of the molecule is CN=C(NCC(Cc1ccc(F)cc1)C(N)=O)N(C)Cc1ccc(C(F)(F)F)cc1. The summed E-state index contributed by atoms with van der Waals surface area (Å²) in [6.07, 6.45) is -4.04. The molecule has 0 heterocycles. The van der Waals surface area contributed by atoms with Crippen molar-refractivity contribution in [3.8, 4) is 0 Å². The fourth-order valence-corrected chi connectivity index (χ4v) is 2.93. The average Bonchev–Trinajstić information content (AvgIpc) is 2.68. The van der Waals surface area contributed by atoms with Crippen molar-refractivity contribution in [3.63, 3.8) is 0 Å². The number of aliphatic imine (C=N–C) groups is 1. The highest BCUT2D eigenvalue weighted by Crippen LogP contribution is 2.29. The number of benzene rings is 2. The Hall–Kier alpha value is -3.10. The lowest BCUT2D eigenvalue weighted by Crippen LogP contribution is -2.43. The van der Waals surface area contributed by atoms with Crippen LogP contribution in [0.4, 0.5) is 17.6 Å². The molecular formula is C21H24F4N4O. The molecule has 0 aliphatic carbocycles. The number of nitrogens with one attached hydrogen (secondary N) is 1. The third-order valence-electron chi connectivity index (χ3n) is 4.58. The van der Waals surface area contributed by atoms with Gasteiger partial charge in [-0.3, -0.25) is 9.79 Å². The lowest BCUT2D eigenvalue weighted by Gasteiger charge is -2.24. The largest absolute Gasteiger partial charge is 0.416 e. The molecule has 2 aromatic carbocycles. The van der Waals surface area contributed by atoms with Crippen LogP contribution in [0, 0.1) is 11.7 Å². The number of nitrogens with zero attached hydrogens (tertiary/aromatic N) is 2. The zero-order chi connectivity index (χ0) is 22.3. The van der Waals surface area contributed by atoms with Gasteiger partial charge in [-0.15, -0.1) is 0 Å². The molecule has 5 nitrogen and oxygen atoms in total. The first-order valence-corrected chi connectivity index (χ1v) is 9.22. The second kappa shape index (κ2) is 10.1. The fraction of sp³-hybridized carbons (Fsp3) is 0.333. The van der Waals surface area contributed by atoms with E-state index in [0.717, 1.165) is 17.7 Å². The van der Waals surface area contributed by atoms with Crippen LogP contribution >= 0.6 is 0 Å². The molecule has 0 radical (unpaired) electrons. The van der Waals surface area contributed by atoms with Crippen LogP contribution in [0.15, 0.2) is 53.5 Å². The summed E-state index contributed by atoms with van der Waals surface area (Å²) in [7, 11) is 3.29. The van der Waals surface area contributed by atoms with Crippen LogP contribution in [0.3, 0.4) is 0 Å². The summed E-state index contributed by atoms with van der Waals surface area (Å²) in [5.41, 5.74) is 6.23. The maximum atomic E-state index is 13.0. The Labute approximate surface area is 172 Å². The standard InChI is InChI=1S/C21H24F4N4O/c1-27-20(29(2)13-15-3-7-17(8-4-15)21(23,24)25)28-12-16(19(26)30)11-14-5-9-18(22)10-6-14/h3-10,16H,11-13H2,1-2H3,(H2,26,30)(H,27,28). The Morgan fingerprint density at radius 3 is 2.17 bits per heavy atom. The molecule has 1 amide bonds. The molecule has 1 atom stereocenters. The summed E-state index contributed by atoms with van der Waals surface area (Å²) in [6, 6.07) is 10.7. The molecule has 0 spiro atoms. The Morgan fingerprint density at radius 1 is 1.10 bits per heavy atom. The lowest BCUT2D eigenvalue weighted by molar-refractivity contribution is -0.137. The number of carbonyl (C=O) groups excluding carboxylic acids is 1. The zero-order valence-electron chi connectivity index (χ0n) is 16.7. The minimum Gasteiger partial charge on any atom is -0.369 e. The molecule has 0 saturated carbocycles. The van der Waals surface area contributed by atoms with E-state index in [1.165, 1.54) is 24.3 Å². The Morgan fingerprint density at radius 2 is 1.67 bits per heavy atom. The summed E-state index contributed by atoms with van der Waals surface area (Å²) >= 11 is 0. The normalized spacial score (nSPS) is 13.1. The van der Waals surface area contributed by atoms with E-state index in [9.17, 15) is 22.4 Å². The molecule has 0 fully saturated rings. The number of nitrogens with two attached hydrogens (primary N) is 1. The molecule has 30 heavy (non-hydrogen) atoms. The van der Waals surface area contributed by atoms with Gasteiger partial charge in [0, 0.05) is 27.2 Å². The fourth-order valence-electron chi connectivity index (χ4n) is 2.93. The van der Waals surface area contributed by atoms with Crippen molar-refractivity contribution in [1.82, 2.24) is 10.2 Å². The number of carbonyl (C=O) groups is 1. The monoisotopic (exact) mass is 424 g/mol. The van der Waals surface area contributed by atoms with Crippen LogP contribution in [0.2, 0.25) is 0 Å². The van der Waals surface area contributed by atoms with E-state index >= 15 is 0 Å². The van der Waals surface area contributed by atoms with Gasteiger partial charge in [0.05, 0.1) is 11.5 Å². The van der Waals surface area contributed by atoms with Crippen molar-refractivity contribution in [2.45, 2.75) is 19.1 Å². The predicted molar refractivity (Wildman–Crippen MR) is 107 cm³/mol. The third-order valence-corrected chi connectivity index (χ3v) is 4.58. The van der Waals surface area contributed by atoms with E-state index < -0.39 is 23.6 Å². The molecule has 2 aromatic rings. The van der Waals surface area contributed by atoms with Gasteiger partial charge in [-0.05, 0) is 41.8 Å². The second-order valence-electron chi connectivity index (χ2n) is 6.91. The maximum absolute atomic E-state index is 13.0. The van der Waals surface area contributed by atoms with E-state index in [-0.39, 0.29) is 12.4 Å². The topological polar surface area (TPSA) is 70.7 Å². The number of hydrogen-bond donors (Lipinski definition) is 2. The Bertz CT molecular complexity index is 864. The highest BCUT2D eigenvalue weighted by molar-refractivity contribution is 5.81. The van der Waals surface area contributed by atoms with Gasteiger partial charge in [-0.25, -0.2) is 4.39 Å². The molecule has 0 saturated heterocycles. The molecule has 9 heteroatoms. The lowest BCUT2D eigenvalue weighted by atomic mass is 9.98. The molecule has 162 valence electrons. The van der Waals surface area contributed by atoms with Crippen molar-refractivity contribution in [3.05, 3.63) is 71.0 Å². The van der Waals surface area contributed by atoms with Gasteiger partial charge in [0.2, 0.25) is 5.91 Å². The molecule has 0 aliphatic heterocycles. The molecule has 0 aliphatic rings. The van der Waals surface area contributed by atoms with E-state index in [0.29, 0.717) is 24.5 Å². The average molecular weight is 424 g/mol. The third kappa shape index (κ3) is 6.75. The van der Waals surface area contributed by atoms with Gasteiger partial charge in [0.1, 0.15) is 5.82 Å². The van der Waals surface area contributed by atoms with Crippen LogP contribution in [0.25, 0.3) is 0 Å². The van der Waals surface area contributed by atoms with Gasteiger partial charge in [0.15, 0.2) is 5.96 Å². The number of primary amides is 1. The molecule has 0 aromatic heterocycles. The Kier molecular flexibility index (Phi) is 7.79. The Balaban J connectivity index is 1.97. The van der Waals surface area contributed by atoms with Gasteiger partial charge >= 0.3 is 6.18 Å². The van der Waals surface area contributed by atoms with Gasteiger partial charge < -0.3 is 16.0 Å². The van der Waals surface area contributed by atoms with Crippen LogP contribution in [0.1, 0.15) is 16.7 Å². The summed E-state index contributed by atoms with van der Waals surface area (Å²) in [5.74, 6) is -0.961. The van der Waals surface area contributed by atoms with Gasteiger partial charge in [-0.2, -0.15) is 13.2 Å². The van der Waals surface area contributed by atoms with E-state index in [2.05, 4.69) is 10.3 Å². The number of alkyl halides is 3. The van der Waals surface area contributed by atoms with Crippen molar-refractivity contribution in [2.24, 2.45) is 16.6 Å². The molecular weight excluding hydrogens is 400 g/mol. The summed E-state index contributed by atoms with van der Waals surface area (Å²) in [4.78, 5) is 17.7. The summed E-state index contributed by atoms with van der Waals surface area (Å²) in [6.45, 7) is 0.522. The van der Waals surface area contributed by atoms with Crippen molar-refractivity contribution in [1.29, 1.82) is 0 Å². The van der Waals surface area contributed by atoms with Crippen molar-refractivity contribution in [2.75, 3.05) is 20.6 Å². The highest BCUT2D eigenvalue weighted by Gasteiger charge is 2.30. The van der Waals surface area contributed by atoms with Crippen molar-refractivity contribution < 1.29 is 22.4 Å². The van der Waals surface area contributed by atoms with Crippen LogP contribution in [-0.2, 0) is 23.9 Å². The van der Waals surface area contributed by atoms with Crippen molar-refractivity contribution >= 4 is 11.9 Å². The number of rotatable bonds is 7. The summed E-state index contributed by atoms with van der Waals surface area (Å²) in [5, 5.41) is 3.06. The van der Waals surface area contributed by atoms with E-state index in [4.69, 9.17) is 5.73 Å². The first-order chi connectivity index (χ1) is 14.1. The van der Waals surface area contributed by atoms with E-state index in [1.54, 1.807) is 31.1 Å². The molecule has 3 N–H and O–H groups in total. The number of halogens is 4. The second-order valence-corrected chi connectivity index (χ2v) is 6.91. The van der Waals surface area contributed by atoms with Crippen LogP contribution < -0.4 is 11.1 Å². The zero-order valence-corrected chi connectivity index (χ0v) is 16.7. The quantitative estimate of drug-likeness (QED) is 0.407. The first kappa shape index (κ1) is 23.2. The van der Waals surface area contributed by atoms with Gasteiger partial charge in [-0.1, -0.05) is 24.3 Å². The minimum atomic E-state index is -4.38. The number of guanidine groups is 1. The number of amides is 1. The van der Waals surface area contributed by atoms with Crippen LogP contribution in [0.5, 0.6) is 0 Å². The smallest absolute Gasteiger partial charge is 0.369 e. The minimum absolute atomic E-state index is 0.205. The predicted octanol–water partition coefficient (Wildman–Crippen LogP) is 3.20. The molecule has 1 unspecified atom stereocenters. The first-order valence-electron chi connectivity index (χ1n) is 9.22. The molecule has 2 rings (SSSR count). The highest BCUT2D eigenvalue weighted by atomic mass is 19.4. The summed E-state index contributed by atoms with van der Waals surface area (Å²) < 4.78 is 51.1. The molecule has 0 bridgehead atoms.